The average Bonchev–Trinajstić information content (AvgIpc) is 2.47. The van der Waals surface area contributed by atoms with Gasteiger partial charge in [-0.1, -0.05) is 23.2 Å². The van der Waals surface area contributed by atoms with Crippen LogP contribution in [0.15, 0.2) is 56.6 Å². The first-order chi connectivity index (χ1) is 11.3. The molecule has 6 nitrogen and oxygen atoms in total. The van der Waals surface area contributed by atoms with Crippen LogP contribution in [-0.2, 0) is 10.0 Å². The Balaban J connectivity index is 2.08. The van der Waals surface area contributed by atoms with Crippen molar-refractivity contribution in [2.45, 2.75) is 4.90 Å². The van der Waals surface area contributed by atoms with E-state index < -0.39 is 15.6 Å². The lowest BCUT2D eigenvalue weighted by atomic mass is 10.2. The summed E-state index contributed by atoms with van der Waals surface area (Å²) in [7, 11) is -4.09. The number of nitrogens with one attached hydrogen (secondary N) is 1. The van der Waals surface area contributed by atoms with Gasteiger partial charge in [-0.25, -0.2) is 13.2 Å². The summed E-state index contributed by atoms with van der Waals surface area (Å²) < 4.78 is 32.1. The molecule has 0 aliphatic carbocycles. The van der Waals surface area contributed by atoms with Crippen molar-refractivity contribution in [1.29, 1.82) is 0 Å². The molecular weight excluding hydrogens is 375 g/mol. The van der Waals surface area contributed by atoms with Crippen LogP contribution in [0, 0.1) is 0 Å². The standard InChI is InChI=1S/C15H10Cl2N2O4S/c16-9-1-3-13-8(5-9)6-12(15(20)23-13)19-24(21,22)14-4-2-10(18)7-11(14)17/h1-7,19H,18H2. The van der Waals surface area contributed by atoms with Gasteiger partial charge in [-0.05, 0) is 42.5 Å². The highest BCUT2D eigenvalue weighted by molar-refractivity contribution is 7.92. The smallest absolute Gasteiger partial charge is 0.360 e. The molecule has 0 amide bonds. The highest BCUT2D eigenvalue weighted by atomic mass is 35.5. The van der Waals surface area contributed by atoms with E-state index in [4.69, 9.17) is 33.4 Å². The number of benzene rings is 2. The number of rotatable bonds is 3. The van der Waals surface area contributed by atoms with Gasteiger partial charge in [0, 0.05) is 16.1 Å². The summed E-state index contributed by atoms with van der Waals surface area (Å²) in [5.74, 6) is 0. The monoisotopic (exact) mass is 384 g/mol. The zero-order chi connectivity index (χ0) is 17.5. The molecule has 0 aliphatic rings. The average molecular weight is 385 g/mol. The second-order valence-corrected chi connectivity index (χ2v) is 7.42. The lowest BCUT2D eigenvalue weighted by Crippen LogP contribution is -2.18. The number of nitrogens with two attached hydrogens (primary N) is 1. The minimum Gasteiger partial charge on any atom is -0.421 e. The third kappa shape index (κ3) is 3.19. The predicted octanol–water partition coefficient (Wildman–Crippen LogP) is 3.48. The van der Waals surface area contributed by atoms with E-state index in [0.29, 0.717) is 16.1 Å². The second kappa shape index (κ2) is 6.01. The summed E-state index contributed by atoms with van der Waals surface area (Å²) in [6.45, 7) is 0. The first kappa shape index (κ1) is 16.6. The predicted molar refractivity (Wildman–Crippen MR) is 94.2 cm³/mol. The molecule has 3 N–H and O–H groups in total. The number of hydrogen-bond donors (Lipinski definition) is 2. The Kier molecular flexibility index (Phi) is 4.16. The van der Waals surface area contributed by atoms with E-state index in [1.165, 1.54) is 30.3 Å². The summed E-state index contributed by atoms with van der Waals surface area (Å²) in [5, 5.41) is 0.839. The molecule has 0 saturated heterocycles. The fourth-order valence-electron chi connectivity index (χ4n) is 2.10. The van der Waals surface area contributed by atoms with Crippen molar-refractivity contribution in [2.75, 3.05) is 10.5 Å². The van der Waals surface area contributed by atoms with Crippen molar-refractivity contribution in [2.24, 2.45) is 0 Å². The molecule has 9 heteroatoms. The number of halogens is 2. The molecule has 0 fully saturated rings. The summed E-state index contributed by atoms with van der Waals surface area (Å²) in [6, 6.07) is 9.92. The maximum atomic E-state index is 12.4. The molecule has 1 heterocycles. The molecule has 0 radical (unpaired) electrons. The molecule has 0 bridgehead atoms. The van der Waals surface area contributed by atoms with Crippen molar-refractivity contribution in [3.05, 3.63) is 62.9 Å². The van der Waals surface area contributed by atoms with Gasteiger partial charge in [0.25, 0.3) is 10.0 Å². The van der Waals surface area contributed by atoms with Gasteiger partial charge >= 0.3 is 5.63 Å². The van der Waals surface area contributed by atoms with E-state index in [0.717, 1.165) is 0 Å². The van der Waals surface area contributed by atoms with Gasteiger partial charge in [0.2, 0.25) is 0 Å². The summed E-state index contributed by atoms with van der Waals surface area (Å²) in [6.07, 6.45) is 0. The van der Waals surface area contributed by atoms with Gasteiger partial charge in [0.1, 0.15) is 16.2 Å². The van der Waals surface area contributed by atoms with Gasteiger partial charge in [-0.15, -0.1) is 0 Å². The van der Waals surface area contributed by atoms with Crippen molar-refractivity contribution in [1.82, 2.24) is 0 Å². The number of fused-ring (bicyclic) bond motifs is 1. The molecular formula is C15H10Cl2N2O4S. The minimum atomic E-state index is -4.09. The fourth-order valence-corrected chi connectivity index (χ4v) is 3.88. The van der Waals surface area contributed by atoms with Gasteiger partial charge in [-0.2, -0.15) is 0 Å². The number of nitrogen functional groups attached to an aromatic ring is 1. The summed E-state index contributed by atoms with van der Waals surface area (Å²) >= 11 is 11.8. The zero-order valence-electron chi connectivity index (χ0n) is 11.9. The van der Waals surface area contributed by atoms with Crippen LogP contribution in [0.3, 0.4) is 0 Å². The molecule has 0 aliphatic heterocycles. The lowest BCUT2D eigenvalue weighted by molar-refractivity contribution is 0.563. The highest BCUT2D eigenvalue weighted by Crippen LogP contribution is 2.26. The molecule has 2 aromatic carbocycles. The van der Waals surface area contributed by atoms with Crippen molar-refractivity contribution >= 4 is 55.6 Å². The number of hydrogen-bond acceptors (Lipinski definition) is 5. The zero-order valence-corrected chi connectivity index (χ0v) is 14.2. The quantitative estimate of drug-likeness (QED) is 0.531. The molecule has 3 aromatic rings. The highest BCUT2D eigenvalue weighted by Gasteiger charge is 2.20. The van der Waals surface area contributed by atoms with Crippen molar-refractivity contribution in [3.8, 4) is 0 Å². The fraction of sp³-hybridized carbons (Fsp3) is 0. The number of sulfonamides is 1. The molecule has 0 spiro atoms. The van der Waals surface area contributed by atoms with Crippen LogP contribution < -0.4 is 16.1 Å². The van der Waals surface area contributed by atoms with Crippen LogP contribution >= 0.6 is 23.2 Å². The number of anilines is 2. The van der Waals surface area contributed by atoms with Crippen molar-refractivity contribution < 1.29 is 12.8 Å². The molecule has 0 atom stereocenters. The van der Waals surface area contributed by atoms with E-state index in [1.54, 1.807) is 12.1 Å². The minimum absolute atomic E-state index is 0.0595. The Hall–Kier alpha value is -2.22. The van der Waals surface area contributed by atoms with E-state index in [-0.39, 0.29) is 21.2 Å². The molecule has 0 unspecified atom stereocenters. The first-order valence-corrected chi connectivity index (χ1v) is 8.81. The van der Waals surface area contributed by atoms with E-state index in [2.05, 4.69) is 4.72 Å². The third-order valence-electron chi connectivity index (χ3n) is 3.18. The molecule has 1 aromatic heterocycles. The van der Waals surface area contributed by atoms with E-state index >= 15 is 0 Å². The largest absolute Gasteiger partial charge is 0.421 e. The van der Waals surface area contributed by atoms with Gasteiger partial charge in [0.15, 0.2) is 0 Å². The molecule has 124 valence electrons. The van der Waals surface area contributed by atoms with Crippen LogP contribution in [0.25, 0.3) is 11.0 Å². The molecule has 3 rings (SSSR count). The summed E-state index contributed by atoms with van der Waals surface area (Å²) in [4.78, 5) is 11.8. The Morgan fingerprint density at radius 1 is 1.04 bits per heavy atom. The maximum absolute atomic E-state index is 12.4. The van der Waals surface area contributed by atoms with Gasteiger partial charge in [0.05, 0.1) is 5.02 Å². The van der Waals surface area contributed by atoms with Gasteiger partial charge < -0.3 is 10.2 Å². The van der Waals surface area contributed by atoms with E-state index in [1.807, 2.05) is 0 Å². The first-order valence-electron chi connectivity index (χ1n) is 6.57. The van der Waals surface area contributed by atoms with Crippen LogP contribution in [-0.4, -0.2) is 8.42 Å². The summed E-state index contributed by atoms with van der Waals surface area (Å²) in [5.41, 5.74) is 5.07. The normalized spacial score (nSPS) is 11.6. The maximum Gasteiger partial charge on any atom is 0.360 e. The van der Waals surface area contributed by atoms with Crippen LogP contribution in [0.4, 0.5) is 11.4 Å². The Morgan fingerprint density at radius 2 is 1.79 bits per heavy atom. The lowest BCUT2D eigenvalue weighted by Gasteiger charge is -2.09. The molecule has 24 heavy (non-hydrogen) atoms. The van der Waals surface area contributed by atoms with E-state index in [9.17, 15) is 13.2 Å². The van der Waals surface area contributed by atoms with Crippen molar-refractivity contribution in [3.63, 3.8) is 0 Å². The Morgan fingerprint density at radius 3 is 2.50 bits per heavy atom. The second-order valence-electron chi connectivity index (χ2n) is 4.93. The topological polar surface area (TPSA) is 102 Å². The van der Waals surface area contributed by atoms with Crippen LogP contribution in [0.1, 0.15) is 0 Å². The van der Waals surface area contributed by atoms with Gasteiger partial charge in [-0.3, -0.25) is 4.72 Å². The van der Waals surface area contributed by atoms with Crippen LogP contribution in [0.2, 0.25) is 10.0 Å². The Labute approximate surface area is 146 Å². The third-order valence-corrected chi connectivity index (χ3v) is 5.27. The SMILES string of the molecule is Nc1ccc(S(=O)(=O)Nc2cc3cc(Cl)ccc3oc2=O)c(Cl)c1. The Bertz CT molecular complexity index is 1110. The van der Waals surface area contributed by atoms with Crippen LogP contribution in [0.5, 0.6) is 0 Å². The molecule has 0 saturated carbocycles.